The number of ketones is 1. The Morgan fingerprint density at radius 3 is 2.30 bits per heavy atom. The molecule has 7 nitrogen and oxygen atoms in total. The van der Waals surface area contributed by atoms with Crippen molar-refractivity contribution in [1.29, 1.82) is 0 Å². The van der Waals surface area contributed by atoms with Crippen molar-refractivity contribution in [3.05, 3.63) is 94.8 Å². The minimum atomic E-state index is -0.834. The summed E-state index contributed by atoms with van der Waals surface area (Å²) in [4.78, 5) is 43.1. The number of aliphatic hydroxyl groups is 1. The fourth-order valence-corrected chi connectivity index (χ4v) is 4.00. The van der Waals surface area contributed by atoms with Crippen molar-refractivity contribution in [2.45, 2.75) is 26.8 Å². The van der Waals surface area contributed by atoms with E-state index in [1.165, 1.54) is 11.8 Å². The molecule has 166 valence electrons. The molecule has 1 fully saturated rings. The van der Waals surface area contributed by atoms with Crippen LogP contribution in [0.3, 0.4) is 0 Å². The average molecular weight is 441 g/mol. The number of aryl methyl sites for hydroxylation is 2. The number of Topliss-reactive ketones (excluding diaryl/α,β-unsaturated/α-hetero) is 1. The van der Waals surface area contributed by atoms with Crippen molar-refractivity contribution in [2.24, 2.45) is 0 Å². The molecular weight excluding hydrogens is 418 g/mol. The summed E-state index contributed by atoms with van der Waals surface area (Å²) in [6, 6.07) is 14.8. The maximum atomic E-state index is 13.2. The van der Waals surface area contributed by atoms with Crippen molar-refractivity contribution in [1.82, 2.24) is 4.98 Å². The number of nitrogens with zero attached hydrogens (tertiary/aromatic N) is 2. The number of hydrogen-bond donors (Lipinski definition) is 2. The Morgan fingerprint density at radius 1 is 1.00 bits per heavy atom. The third-order valence-corrected chi connectivity index (χ3v) is 5.58. The van der Waals surface area contributed by atoms with Crippen LogP contribution in [0.4, 0.5) is 11.4 Å². The lowest BCUT2D eigenvalue weighted by Crippen LogP contribution is -2.29. The number of aliphatic hydroxyl groups excluding tert-OH is 1. The highest BCUT2D eigenvalue weighted by Crippen LogP contribution is 2.42. The number of amides is 2. The number of carbonyl (C=O) groups is 3. The van der Waals surface area contributed by atoms with Crippen LogP contribution in [0, 0.1) is 13.8 Å². The molecule has 2 N–H and O–H groups in total. The highest BCUT2D eigenvalue weighted by molar-refractivity contribution is 6.51. The first-order valence-corrected chi connectivity index (χ1v) is 10.4. The second-order valence-electron chi connectivity index (χ2n) is 8.00. The zero-order valence-electron chi connectivity index (χ0n) is 18.5. The fourth-order valence-electron chi connectivity index (χ4n) is 4.00. The van der Waals surface area contributed by atoms with Gasteiger partial charge in [-0.15, -0.1) is 0 Å². The smallest absolute Gasteiger partial charge is 0.300 e. The summed E-state index contributed by atoms with van der Waals surface area (Å²) in [5, 5.41) is 13.9. The number of pyridine rings is 1. The topological polar surface area (TPSA) is 99.6 Å². The lowest BCUT2D eigenvalue weighted by Gasteiger charge is -2.25. The van der Waals surface area contributed by atoms with Gasteiger partial charge in [-0.25, -0.2) is 0 Å². The van der Waals surface area contributed by atoms with Crippen LogP contribution in [0.1, 0.15) is 35.2 Å². The van der Waals surface area contributed by atoms with Crippen molar-refractivity contribution in [3.8, 4) is 0 Å². The van der Waals surface area contributed by atoms with Gasteiger partial charge in [0.1, 0.15) is 5.76 Å². The van der Waals surface area contributed by atoms with Gasteiger partial charge in [0.15, 0.2) is 0 Å². The molecule has 1 aliphatic heterocycles. The molecule has 33 heavy (non-hydrogen) atoms. The minimum absolute atomic E-state index is 0.0193. The minimum Gasteiger partial charge on any atom is -0.507 e. The number of hydrogen-bond acceptors (Lipinski definition) is 5. The van der Waals surface area contributed by atoms with Gasteiger partial charge in [-0.1, -0.05) is 17.7 Å². The van der Waals surface area contributed by atoms with Gasteiger partial charge in [-0.3, -0.25) is 24.3 Å². The van der Waals surface area contributed by atoms with Crippen LogP contribution in [-0.4, -0.2) is 27.7 Å². The van der Waals surface area contributed by atoms with Crippen LogP contribution in [0.2, 0.25) is 0 Å². The molecule has 2 heterocycles. The van der Waals surface area contributed by atoms with E-state index < -0.39 is 17.7 Å². The first kappa shape index (κ1) is 22.0. The Labute approximate surface area is 191 Å². The van der Waals surface area contributed by atoms with Gasteiger partial charge in [0, 0.05) is 36.3 Å². The number of rotatable bonds is 4. The second-order valence-corrected chi connectivity index (χ2v) is 8.00. The first-order valence-electron chi connectivity index (χ1n) is 10.4. The Kier molecular flexibility index (Phi) is 5.79. The Hall–Kier alpha value is -4.26. The Bertz CT molecular complexity index is 1280. The first-order chi connectivity index (χ1) is 15.8. The maximum Gasteiger partial charge on any atom is 0.300 e. The van der Waals surface area contributed by atoms with Gasteiger partial charge in [0.05, 0.1) is 11.6 Å². The van der Waals surface area contributed by atoms with Gasteiger partial charge < -0.3 is 10.4 Å². The van der Waals surface area contributed by atoms with Crippen LogP contribution in [0.5, 0.6) is 0 Å². The van der Waals surface area contributed by atoms with E-state index in [0.717, 1.165) is 11.1 Å². The summed E-state index contributed by atoms with van der Waals surface area (Å²) in [6.45, 7) is 5.14. The molecule has 0 saturated carbocycles. The van der Waals surface area contributed by atoms with E-state index >= 15 is 0 Å². The van der Waals surface area contributed by atoms with Gasteiger partial charge in [-0.2, -0.15) is 0 Å². The average Bonchev–Trinajstić information content (AvgIpc) is 3.06. The lowest BCUT2D eigenvalue weighted by atomic mass is 9.93. The van der Waals surface area contributed by atoms with Crippen molar-refractivity contribution >= 4 is 34.7 Å². The fraction of sp³-hybridized carbons (Fsp3) is 0.154. The number of nitrogens with one attached hydrogen (secondary N) is 1. The van der Waals surface area contributed by atoms with Crippen molar-refractivity contribution < 1.29 is 19.5 Å². The number of aromatic nitrogens is 1. The molecule has 2 aromatic carbocycles. The van der Waals surface area contributed by atoms with E-state index in [9.17, 15) is 19.5 Å². The molecule has 1 atom stereocenters. The molecular formula is C26H23N3O4. The summed E-state index contributed by atoms with van der Waals surface area (Å²) in [5.41, 5.74) is 3.91. The predicted octanol–water partition coefficient (Wildman–Crippen LogP) is 4.28. The molecule has 1 aliphatic rings. The van der Waals surface area contributed by atoms with E-state index in [0.29, 0.717) is 22.5 Å². The van der Waals surface area contributed by atoms with Gasteiger partial charge >= 0.3 is 0 Å². The molecule has 3 aromatic rings. The highest BCUT2D eigenvalue weighted by Gasteiger charge is 2.47. The monoisotopic (exact) mass is 441 g/mol. The maximum absolute atomic E-state index is 13.2. The van der Waals surface area contributed by atoms with Crippen LogP contribution >= 0.6 is 0 Å². The van der Waals surface area contributed by atoms with E-state index in [-0.39, 0.29) is 17.2 Å². The molecule has 1 saturated heterocycles. The number of carbonyl (C=O) groups excluding carboxylic acids is 3. The van der Waals surface area contributed by atoms with Gasteiger partial charge in [0.2, 0.25) is 5.91 Å². The van der Waals surface area contributed by atoms with Crippen LogP contribution in [0.15, 0.2) is 72.6 Å². The molecule has 1 aromatic heterocycles. The Balaban J connectivity index is 1.89. The molecule has 2 amide bonds. The SMILES string of the molecule is CC(=O)Nc1ccc(N2C(=O)C(=O)/C(=C(/O)c3cc(C)ccc3C)C2c2ccncc2)cc1. The van der Waals surface area contributed by atoms with Gasteiger partial charge in [0.25, 0.3) is 11.7 Å². The molecule has 0 spiro atoms. The van der Waals surface area contributed by atoms with E-state index in [4.69, 9.17) is 0 Å². The summed E-state index contributed by atoms with van der Waals surface area (Å²) in [6.07, 6.45) is 3.15. The van der Waals surface area contributed by atoms with E-state index in [1.54, 1.807) is 54.9 Å². The number of benzene rings is 2. The molecule has 4 rings (SSSR count). The van der Waals surface area contributed by atoms with Crippen LogP contribution < -0.4 is 10.2 Å². The summed E-state index contributed by atoms with van der Waals surface area (Å²) < 4.78 is 0. The van der Waals surface area contributed by atoms with Gasteiger partial charge in [-0.05, 0) is 67.4 Å². The van der Waals surface area contributed by atoms with Crippen molar-refractivity contribution in [2.75, 3.05) is 10.2 Å². The quantitative estimate of drug-likeness (QED) is 0.358. The zero-order chi connectivity index (χ0) is 23.7. The molecule has 0 bridgehead atoms. The molecule has 7 heteroatoms. The zero-order valence-corrected chi connectivity index (χ0v) is 18.5. The third-order valence-electron chi connectivity index (χ3n) is 5.58. The van der Waals surface area contributed by atoms with Crippen LogP contribution in [-0.2, 0) is 14.4 Å². The summed E-state index contributed by atoms with van der Waals surface area (Å²) in [7, 11) is 0. The Morgan fingerprint density at radius 2 is 1.67 bits per heavy atom. The van der Waals surface area contributed by atoms with Crippen LogP contribution in [0.25, 0.3) is 5.76 Å². The number of anilines is 2. The highest BCUT2D eigenvalue weighted by atomic mass is 16.3. The lowest BCUT2D eigenvalue weighted by molar-refractivity contribution is -0.132. The molecule has 0 aliphatic carbocycles. The standard InChI is InChI=1S/C26H23N3O4/c1-15-4-5-16(2)21(14-15)24(31)22-23(18-10-12-27-13-11-18)29(26(33)25(22)32)20-8-6-19(7-9-20)28-17(3)30/h4-14,23,31H,1-3H3,(H,28,30)/b24-22+. The van der Waals surface area contributed by atoms with E-state index in [1.807, 2.05) is 26.0 Å². The molecule has 1 unspecified atom stereocenters. The predicted molar refractivity (Wildman–Crippen MR) is 126 cm³/mol. The van der Waals surface area contributed by atoms with E-state index in [2.05, 4.69) is 10.3 Å². The largest absolute Gasteiger partial charge is 0.507 e. The third kappa shape index (κ3) is 4.13. The second kappa shape index (κ2) is 8.70. The summed E-state index contributed by atoms with van der Waals surface area (Å²) >= 11 is 0. The van der Waals surface area contributed by atoms with Crippen molar-refractivity contribution in [3.63, 3.8) is 0 Å². The normalized spacial score (nSPS) is 17.3. The molecule has 0 radical (unpaired) electrons. The summed E-state index contributed by atoms with van der Waals surface area (Å²) in [5.74, 6) is -1.93.